The third kappa shape index (κ3) is 3.05. The van der Waals surface area contributed by atoms with Crippen LogP contribution in [0.1, 0.15) is 0 Å². The largest absolute Gasteiger partial charge is 0.340 e. The van der Waals surface area contributed by atoms with Gasteiger partial charge < -0.3 is 4.89 Å². The van der Waals surface area contributed by atoms with Gasteiger partial charge in [-0.2, -0.15) is 0 Å². The van der Waals surface area contributed by atoms with Gasteiger partial charge in [-0.05, 0) is 12.2 Å². The quantitative estimate of drug-likeness (QED) is 0.582. The average molecular weight is 219 g/mol. The van der Waals surface area contributed by atoms with Crippen molar-refractivity contribution in [1.29, 1.82) is 0 Å². The summed E-state index contributed by atoms with van der Waals surface area (Å²) in [5.74, 6) is -4.45. The van der Waals surface area contributed by atoms with Gasteiger partial charge in [0.05, 0.1) is 0 Å². The molecule has 0 aromatic rings. The molecule has 0 fully saturated rings. The molecule has 6 heteroatoms. The lowest BCUT2D eigenvalue weighted by Gasteiger charge is -2.13. The molecule has 2 nitrogen and oxygen atoms in total. The molecule has 0 saturated heterocycles. The molecule has 72 valence electrons. The minimum absolute atomic E-state index is 0. The van der Waals surface area contributed by atoms with Crippen molar-refractivity contribution in [2.24, 2.45) is 0 Å². The van der Waals surface area contributed by atoms with Gasteiger partial charge in [-0.15, -0.1) is 12.4 Å². The number of rotatable bonds is 4. The number of hydrogen-bond acceptors (Lipinski definition) is 1. The van der Waals surface area contributed by atoms with E-state index in [1.165, 1.54) is 0 Å². The second-order valence-corrected chi connectivity index (χ2v) is 4.22. The first-order valence-electron chi connectivity index (χ1n) is 2.82. The van der Waals surface area contributed by atoms with Crippen LogP contribution in [-0.2, 0) is 4.57 Å². The van der Waals surface area contributed by atoms with Crippen LogP contribution in [0.25, 0.3) is 0 Å². The van der Waals surface area contributed by atoms with Gasteiger partial charge in [0.25, 0.3) is 7.37 Å². The van der Waals surface area contributed by atoms with Gasteiger partial charge in [-0.3, -0.25) is 4.57 Å². The Morgan fingerprint density at radius 3 is 1.67 bits per heavy atom. The van der Waals surface area contributed by atoms with Crippen LogP contribution in [0, 0.1) is 0 Å². The highest BCUT2D eigenvalue weighted by Crippen LogP contribution is 2.53. The highest BCUT2D eigenvalue weighted by Gasteiger charge is 2.36. The van der Waals surface area contributed by atoms with E-state index in [9.17, 15) is 13.3 Å². The number of alkyl halides is 2. The topological polar surface area (TPSA) is 37.3 Å². The molecule has 0 rings (SSSR count). The highest BCUT2D eigenvalue weighted by molar-refractivity contribution is 7.59. The molecule has 0 aliphatic carbocycles. The van der Waals surface area contributed by atoms with Gasteiger partial charge in [0.2, 0.25) is 0 Å². The van der Waals surface area contributed by atoms with Crippen LogP contribution in [0.4, 0.5) is 8.78 Å². The molecule has 0 heterocycles. The molecule has 12 heavy (non-hydrogen) atoms. The third-order valence-corrected chi connectivity index (χ3v) is 2.93. The molecular formula is C6H10ClF2O2P. The van der Waals surface area contributed by atoms with E-state index < -0.39 is 19.2 Å². The molecule has 0 bridgehead atoms. The zero-order chi connectivity index (χ0) is 9.07. The smallest absolute Gasteiger partial charge is 0.274 e. The zero-order valence-corrected chi connectivity index (χ0v) is 7.90. The molecule has 0 spiro atoms. The molecule has 0 aliphatic heterocycles. The molecule has 2 atom stereocenters. The predicted octanol–water partition coefficient (Wildman–Crippen LogP) is 2.64. The van der Waals surface area contributed by atoms with Crippen LogP contribution in [-0.4, -0.2) is 16.7 Å². The van der Waals surface area contributed by atoms with Gasteiger partial charge in [0.15, 0.2) is 11.8 Å². The van der Waals surface area contributed by atoms with E-state index in [1.807, 2.05) is 0 Å². The molecule has 0 radical (unpaired) electrons. The van der Waals surface area contributed by atoms with Crippen molar-refractivity contribution in [2.75, 3.05) is 0 Å². The number of hydrogen-bond donors (Lipinski definition) is 1. The van der Waals surface area contributed by atoms with E-state index in [2.05, 4.69) is 13.2 Å². The van der Waals surface area contributed by atoms with E-state index in [0.717, 1.165) is 0 Å². The summed E-state index contributed by atoms with van der Waals surface area (Å²) in [6.07, 6.45) is 1.19. The lowest BCUT2D eigenvalue weighted by atomic mass is 10.7. The Morgan fingerprint density at radius 1 is 1.25 bits per heavy atom. The van der Waals surface area contributed by atoms with E-state index in [-0.39, 0.29) is 12.4 Å². The summed E-state index contributed by atoms with van der Waals surface area (Å²) >= 11 is 0. The monoisotopic (exact) mass is 218 g/mol. The fourth-order valence-corrected chi connectivity index (χ4v) is 1.31. The molecule has 0 aliphatic rings. The first-order valence-corrected chi connectivity index (χ1v) is 4.62. The van der Waals surface area contributed by atoms with Gasteiger partial charge in [0, 0.05) is 0 Å². The number of allylic oxidation sites excluding steroid dienone is 2. The molecule has 2 unspecified atom stereocenters. The van der Waals surface area contributed by atoms with E-state index in [0.29, 0.717) is 12.2 Å². The Balaban J connectivity index is 0. The Bertz CT molecular complexity index is 192. The number of halogens is 3. The summed E-state index contributed by atoms with van der Waals surface area (Å²) in [6, 6.07) is 0. The highest BCUT2D eigenvalue weighted by atomic mass is 35.5. The van der Waals surface area contributed by atoms with E-state index >= 15 is 0 Å². The van der Waals surface area contributed by atoms with Crippen molar-refractivity contribution in [3.05, 3.63) is 25.3 Å². The minimum atomic E-state index is -4.44. The van der Waals surface area contributed by atoms with E-state index in [4.69, 9.17) is 4.89 Å². The average Bonchev–Trinajstić information content (AvgIpc) is 2.01. The summed E-state index contributed by atoms with van der Waals surface area (Å²) in [6.45, 7) is 5.87. The molecule has 0 saturated carbocycles. The third-order valence-electron chi connectivity index (χ3n) is 1.10. The summed E-state index contributed by atoms with van der Waals surface area (Å²) in [5, 5.41) is 0. The SMILES string of the molecule is C=CC(F)P(=O)(O)C(F)C=C.Cl. The molecule has 0 aromatic carbocycles. The fraction of sp³-hybridized carbons (Fsp3) is 0.333. The van der Waals surface area contributed by atoms with Crippen molar-refractivity contribution in [3.8, 4) is 0 Å². The summed E-state index contributed by atoms with van der Waals surface area (Å²) in [4.78, 5) is 8.71. The Labute approximate surface area is 75.8 Å². The van der Waals surface area contributed by atoms with Crippen LogP contribution in [0.15, 0.2) is 25.3 Å². The standard InChI is InChI=1S/C6H9F2O2P.ClH/c1-3-5(7)11(9,10)6(8)4-2;/h3-6H,1-2H2,(H,9,10);1H. The van der Waals surface area contributed by atoms with Crippen LogP contribution < -0.4 is 0 Å². The van der Waals surface area contributed by atoms with Gasteiger partial charge in [0.1, 0.15) is 0 Å². The van der Waals surface area contributed by atoms with Crippen molar-refractivity contribution in [1.82, 2.24) is 0 Å². The van der Waals surface area contributed by atoms with Crippen LogP contribution in [0.3, 0.4) is 0 Å². The van der Waals surface area contributed by atoms with Crippen LogP contribution >= 0.6 is 19.8 Å². The van der Waals surface area contributed by atoms with Gasteiger partial charge in [-0.1, -0.05) is 13.2 Å². The zero-order valence-electron chi connectivity index (χ0n) is 6.19. The Hall–Kier alpha value is -0.180. The van der Waals surface area contributed by atoms with Gasteiger partial charge in [-0.25, -0.2) is 8.78 Å². The van der Waals surface area contributed by atoms with Crippen LogP contribution in [0.2, 0.25) is 0 Å². The summed E-state index contributed by atoms with van der Waals surface area (Å²) in [5.41, 5.74) is 0. The second kappa shape index (κ2) is 5.46. The normalized spacial score (nSPS) is 19.6. The maximum absolute atomic E-state index is 12.4. The second-order valence-electron chi connectivity index (χ2n) is 1.89. The molecular weight excluding hydrogens is 208 g/mol. The van der Waals surface area contributed by atoms with Gasteiger partial charge >= 0.3 is 0 Å². The maximum atomic E-state index is 12.4. The van der Waals surface area contributed by atoms with Crippen LogP contribution in [0.5, 0.6) is 0 Å². The van der Waals surface area contributed by atoms with E-state index in [1.54, 1.807) is 0 Å². The Morgan fingerprint density at radius 2 is 1.50 bits per heavy atom. The fourth-order valence-electron chi connectivity index (χ4n) is 0.438. The summed E-state index contributed by atoms with van der Waals surface area (Å²) < 4.78 is 35.6. The Kier molecular flexibility index (Phi) is 6.53. The minimum Gasteiger partial charge on any atom is -0.340 e. The first-order chi connectivity index (χ1) is 4.96. The lowest BCUT2D eigenvalue weighted by molar-refractivity contribution is 0.361. The first kappa shape index (κ1) is 14.3. The van der Waals surface area contributed by atoms with Crippen molar-refractivity contribution in [3.63, 3.8) is 0 Å². The molecule has 0 amide bonds. The maximum Gasteiger partial charge on any atom is 0.274 e. The lowest BCUT2D eigenvalue weighted by Crippen LogP contribution is -2.06. The van der Waals surface area contributed by atoms with Crippen molar-refractivity contribution in [2.45, 2.75) is 11.8 Å². The summed E-state index contributed by atoms with van der Waals surface area (Å²) in [7, 11) is -4.44. The van der Waals surface area contributed by atoms with Crippen molar-refractivity contribution < 1.29 is 18.2 Å². The predicted molar refractivity (Wildman–Crippen MR) is 47.3 cm³/mol. The molecule has 0 aromatic heterocycles. The van der Waals surface area contributed by atoms with Crippen molar-refractivity contribution >= 4 is 19.8 Å². The molecule has 1 N–H and O–H groups in total.